The zero-order valence-electron chi connectivity index (χ0n) is 6.10. The Labute approximate surface area is 77.4 Å². The third-order valence-electron chi connectivity index (χ3n) is 1.37. The number of thiazole rings is 2. The topological polar surface area (TPSA) is 46.0 Å². The van der Waals surface area contributed by atoms with Crippen LogP contribution in [0.4, 0.5) is 0 Å². The predicted molar refractivity (Wildman–Crippen MR) is 49.1 cm³/mol. The summed E-state index contributed by atoms with van der Waals surface area (Å²) in [5.74, 6) is 0. The Morgan fingerprint density at radius 1 is 1.42 bits per heavy atom. The second-order valence-electron chi connectivity index (χ2n) is 2.18. The minimum atomic E-state index is 0.000632. The molecule has 0 aliphatic carbocycles. The van der Waals surface area contributed by atoms with Crippen molar-refractivity contribution in [1.29, 1.82) is 0 Å². The molecule has 2 rings (SSSR count). The first-order valence-electron chi connectivity index (χ1n) is 3.34. The molecule has 1 N–H and O–H groups in total. The van der Waals surface area contributed by atoms with Gasteiger partial charge in [0, 0.05) is 10.8 Å². The Morgan fingerprint density at radius 2 is 2.33 bits per heavy atom. The summed E-state index contributed by atoms with van der Waals surface area (Å²) in [6, 6.07) is 0. The molecular weight excluding hydrogens is 192 g/mol. The summed E-state index contributed by atoms with van der Waals surface area (Å²) in [5.41, 5.74) is 3.38. The van der Waals surface area contributed by atoms with Gasteiger partial charge in [0.25, 0.3) is 0 Å². The summed E-state index contributed by atoms with van der Waals surface area (Å²) in [7, 11) is 0. The zero-order chi connectivity index (χ0) is 8.39. The smallest absolute Gasteiger partial charge is 0.143 e. The van der Waals surface area contributed by atoms with Crippen LogP contribution in [0.5, 0.6) is 0 Å². The minimum Gasteiger partial charge on any atom is -0.390 e. The van der Waals surface area contributed by atoms with E-state index in [0.29, 0.717) is 5.69 Å². The maximum Gasteiger partial charge on any atom is 0.143 e. The second kappa shape index (κ2) is 3.30. The Kier molecular flexibility index (Phi) is 2.16. The molecule has 12 heavy (non-hydrogen) atoms. The van der Waals surface area contributed by atoms with Gasteiger partial charge in [0.05, 0.1) is 17.8 Å². The average Bonchev–Trinajstić information content (AvgIpc) is 2.75. The lowest BCUT2D eigenvalue weighted by Crippen LogP contribution is -1.82. The molecule has 2 aromatic rings. The van der Waals surface area contributed by atoms with E-state index in [0.717, 1.165) is 10.7 Å². The quantitative estimate of drug-likeness (QED) is 0.799. The molecule has 0 radical (unpaired) electrons. The first kappa shape index (κ1) is 7.85. The third kappa shape index (κ3) is 1.38. The molecule has 0 fully saturated rings. The van der Waals surface area contributed by atoms with Crippen molar-refractivity contribution in [3.8, 4) is 10.7 Å². The normalized spacial score (nSPS) is 10.4. The summed E-state index contributed by atoms with van der Waals surface area (Å²) in [6.07, 6.45) is 0. The average molecular weight is 198 g/mol. The summed E-state index contributed by atoms with van der Waals surface area (Å²) in [6.45, 7) is 0.000632. The largest absolute Gasteiger partial charge is 0.390 e. The van der Waals surface area contributed by atoms with Crippen molar-refractivity contribution in [2.75, 3.05) is 0 Å². The number of hydrogen-bond donors (Lipinski definition) is 1. The minimum absolute atomic E-state index is 0.000632. The lowest BCUT2D eigenvalue weighted by Gasteiger charge is -1.85. The molecule has 62 valence electrons. The van der Waals surface area contributed by atoms with Gasteiger partial charge in [-0.3, -0.25) is 0 Å². The van der Waals surface area contributed by atoms with Crippen LogP contribution in [0.1, 0.15) is 5.69 Å². The van der Waals surface area contributed by atoms with Crippen molar-refractivity contribution in [3.63, 3.8) is 0 Å². The lowest BCUT2D eigenvalue weighted by atomic mass is 10.5. The van der Waals surface area contributed by atoms with Crippen LogP contribution in [-0.4, -0.2) is 15.1 Å². The van der Waals surface area contributed by atoms with Crippen LogP contribution in [0, 0.1) is 0 Å². The fourth-order valence-electron chi connectivity index (χ4n) is 0.815. The van der Waals surface area contributed by atoms with Gasteiger partial charge in [-0.15, -0.1) is 22.7 Å². The fourth-order valence-corrected chi connectivity index (χ4v) is 2.20. The van der Waals surface area contributed by atoms with Gasteiger partial charge in [-0.1, -0.05) is 0 Å². The molecule has 0 spiro atoms. The Balaban J connectivity index is 2.35. The molecule has 3 nitrogen and oxygen atoms in total. The molecule has 0 bridgehead atoms. The van der Waals surface area contributed by atoms with Crippen LogP contribution < -0.4 is 0 Å². The number of hydrogen-bond acceptors (Lipinski definition) is 5. The van der Waals surface area contributed by atoms with Crippen LogP contribution in [0.2, 0.25) is 0 Å². The highest BCUT2D eigenvalue weighted by atomic mass is 32.1. The molecule has 0 saturated carbocycles. The molecular formula is C7H6N2OS2. The van der Waals surface area contributed by atoms with Crippen molar-refractivity contribution >= 4 is 22.7 Å². The van der Waals surface area contributed by atoms with Crippen LogP contribution >= 0.6 is 22.7 Å². The maximum atomic E-state index is 8.77. The van der Waals surface area contributed by atoms with E-state index in [-0.39, 0.29) is 6.61 Å². The maximum absolute atomic E-state index is 8.77. The van der Waals surface area contributed by atoms with E-state index in [9.17, 15) is 0 Å². The monoisotopic (exact) mass is 198 g/mol. The standard InChI is InChI=1S/C7H6N2OS2/c10-1-5-2-12-7(9-5)6-3-11-4-8-6/h2-4,10H,1H2. The van der Waals surface area contributed by atoms with Gasteiger partial charge in [0.15, 0.2) is 0 Å². The van der Waals surface area contributed by atoms with Gasteiger partial charge in [-0.2, -0.15) is 0 Å². The SMILES string of the molecule is OCc1csc(-c2cscn2)n1. The van der Waals surface area contributed by atoms with E-state index < -0.39 is 0 Å². The summed E-state index contributed by atoms with van der Waals surface area (Å²) in [5, 5.41) is 13.4. The van der Waals surface area contributed by atoms with Crippen LogP contribution in [0.3, 0.4) is 0 Å². The number of aromatic nitrogens is 2. The van der Waals surface area contributed by atoms with Crippen LogP contribution in [-0.2, 0) is 6.61 Å². The van der Waals surface area contributed by atoms with Gasteiger partial charge in [0.1, 0.15) is 10.7 Å². The van der Waals surface area contributed by atoms with Gasteiger partial charge >= 0.3 is 0 Å². The van der Waals surface area contributed by atoms with E-state index in [1.54, 1.807) is 16.8 Å². The zero-order valence-corrected chi connectivity index (χ0v) is 7.73. The fraction of sp³-hybridized carbons (Fsp3) is 0.143. The summed E-state index contributed by atoms with van der Waals surface area (Å²) < 4.78 is 0. The van der Waals surface area contributed by atoms with E-state index in [1.165, 1.54) is 11.3 Å². The summed E-state index contributed by atoms with van der Waals surface area (Å²) >= 11 is 3.05. The van der Waals surface area contributed by atoms with E-state index in [2.05, 4.69) is 9.97 Å². The number of aliphatic hydroxyl groups is 1. The molecule has 0 aliphatic rings. The van der Waals surface area contributed by atoms with Gasteiger partial charge in [-0.05, 0) is 0 Å². The lowest BCUT2D eigenvalue weighted by molar-refractivity contribution is 0.278. The number of rotatable bonds is 2. The molecule has 5 heteroatoms. The molecule has 0 saturated heterocycles. The van der Waals surface area contributed by atoms with Gasteiger partial charge in [0.2, 0.25) is 0 Å². The molecule has 2 aromatic heterocycles. The molecule has 0 unspecified atom stereocenters. The highest BCUT2D eigenvalue weighted by Crippen LogP contribution is 2.22. The van der Waals surface area contributed by atoms with E-state index in [1.807, 2.05) is 10.8 Å². The van der Waals surface area contributed by atoms with Crippen LogP contribution in [0.15, 0.2) is 16.3 Å². The number of aliphatic hydroxyl groups excluding tert-OH is 1. The predicted octanol–water partition coefficient (Wildman–Crippen LogP) is 1.76. The van der Waals surface area contributed by atoms with Crippen molar-refractivity contribution in [3.05, 3.63) is 22.0 Å². The highest BCUT2D eigenvalue weighted by molar-refractivity contribution is 7.13. The molecule has 0 aliphatic heterocycles. The van der Waals surface area contributed by atoms with E-state index in [4.69, 9.17) is 5.11 Å². The Hall–Kier alpha value is -0.780. The highest BCUT2D eigenvalue weighted by Gasteiger charge is 2.04. The Morgan fingerprint density at radius 3 is 2.92 bits per heavy atom. The van der Waals surface area contributed by atoms with Crippen molar-refractivity contribution in [1.82, 2.24) is 9.97 Å². The summed E-state index contributed by atoms with van der Waals surface area (Å²) in [4.78, 5) is 8.30. The first-order chi connectivity index (χ1) is 5.90. The molecule has 0 aromatic carbocycles. The van der Waals surface area contributed by atoms with E-state index >= 15 is 0 Å². The third-order valence-corrected chi connectivity index (χ3v) is 2.87. The van der Waals surface area contributed by atoms with Crippen molar-refractivity contribution < 1.29 is 5.11 Å². The van der Waals surface area contributed by atoms with Crippen molar-refractivity contribution in [2.45, 2.75) is 6.61 Å². The number of nitrogens with zero attached hydrogens (tertiary/aromatic N) is 2. The van der Waals surface area contributed by atoms with Crippen LogP contribution in [0.25, 0.3) is 10.7 Å². The second-order valence-corrected chi connectivity index (χ2v) is 3.75. The molecule has 0 amide bonds. The first-order valence-corrected chi connectivity index (χ1v) is 5.16. The van der Waals surface area contributed by atoms with Gasteiger partial charge < -0.3 is 5.11 Å². The molecule has 0 atom stereocenters. The van der Waals surface area contributed by atoms with Crippen molar-refractivity contribution in [2.24, 2.45) is 0 Å². The Bertz CT molecular complexity index is 355. The molecule has 2 heterocycles. The van der Waals surface area contributed by atoms with Gasteiger partial charge in [-0.25, -0.2) is 9.97 Å².